The van der Waals surface area contributed by atoms with Crippen LogP contribution >= 0.6 is 0 Å². The Morgan fingerprint density at radius 2 is 1.81 bits per heavy atom. The van der Waals surface area contributed by atoms with Crippen molar-refractivity contribution in [1.29, 1.82) is 0 Å². The van der Waals surface area contributed by atoms with Gasteiger partial charge in [0.2, 0.25) is 11.8 Å². The Bertz CT molecular complexity index is 995. The Balaban J connectivity index is 1.20. The SMILES string of the molecule is O=C1CCC(N2Cc3cc(C[C@H]4CCCC[C@@H]4N[C@H]4CC[C@@H](OC(F)F)CC4)ccc3C2=O)C(=O)N1. The topological polar surface area (TPSA) is 87.7 Å². The van der Waals surface area contributed by atoms with Gasteiger partial charge in [0.1, 0.15) is 6.04 Å². The maximum Gasteiger partial charge on any atom is 0.345 e. The third kappa shape index (κ3) is 5.62. The van der Waals surface area contributed by atoms with E-state index in [2.05, 4.69) is 16.7 Å². The zero-order valence-electron chi connectivity index (χ0n) is 20.5. The molecule has 9 heteroatoms. The molecule has 196 valence electrons. The van der Waals surface area contributed by atoms with Crippen LogP contribution in [0.25, 0.3) is 0 Å². The highest BCUT2D eigenvalue weighted by Crippen LogP contribution is 2.33. The number of ether oxygens (including phenoxy) is 1. The molecule has 2 aliphatic carbocycles. The van der Waals surface area contributed by atoms with Crippen molar-refractivity contribution in [3.63, 3.8) is 0 Å². The number of nitrogens with zero attached hydrogens (tertiary/aromatic N) is 1. The maximum absolute atomic E-state index is 13.0. The van der Waals surface area contributed by atoms with Gasteiger partial charge in [-0.1, -0.05) is 25.0 Å². The molecule has 3 fully saturated rings. The molecule has 2 N–H and O–H groups in total. The number of rotatable bonds is 7. The second-order valence-electron chi connectivity index (χ2n) is 10.8. The van der Waals surface area contributed by atoms with Crippen LogP contribution in [-0.4, -0.2) is 53.5 Å². The molecule has 2 heterocycles. The largest absolute Gasteiger partial charge is 0.345 e. The van der Waals surface area contributed by atoms with Gasteiger partial charge in [0, 0.05) is 30.6 Å². The van der Waals surface area contributed by atoms with Gasteiger partial charge in [0.05, 0.1) is 6.10 Å². The molecular weight excluding hydrogens is 468 g/mol. The third-order valence-corrected chi connectivity index (χ3v) is 8.41. The van der Waals surface area contributed by atoms with Crippen LogP contribution in [0.15, 0.2) is 18.2 Å². The van der Waals surface area contributed by atoms with Crippen molar-refractivity contribution in [1.82, 2.24) is 15.5 Å². The summed E-state index contributed by atoms with van der Waals surface area (Å²) in [6.07, 6.45) is 8.90. The third-order valence-electron chi connectivity index (χ3n) is 8.41. The number of hydrogen-bond donors (Lipinski definition) is 2. The lowest BCUT2D eigenvalue weighted by molar-refractivity contribution is -0.170. The lowest BCUT2D eigenvalue weighted by Gasteiger charge is -2.38. The summed E-state index contributed by atoms with van der Waals surface area (Å²) in [4.78, 5) is 38.4. The monoisotopic (exact) mass is 503 g/mol. The first-order valence-corrected chi connectivity index (χ1v) is 13.3. The lowest BCUT2D eigenvalue weighted by Crippen LogP contribution is -2.52. The Labute approximate surface area is 210 Å². The minimum atomic E-state index is -2.69. The fourth-order valence-electron chi connectivity index (χ4n) is 6.54. The number of halogens is 2. The molecule has 3 atom stereocenters. The Morgan fingerprint density at radius 1 is 1.03 bits per heavy atom. The highest BCUT2D eigenvalue weighted by atomic mass is 19.3. The molecule has 1 unspecified atom stereocenters. The van der Waals surface area contributed by atoms with Gasteiger partial charge in [-0.05, 0) is 74.5 Å². The van der Waals surface area contributed by atoms with Crippen molar-refractivity contribution in [2.45, 2.75) is 108 Å². The summed E-state index contributed by atoms with van der Waals surface area (Å²) in [5.41, 5.74) is 2.78. The lowest BCUT2D eigenvalue weighted by atomic mass is 9.79. The molecule has 0 bridgehead atoms. The fourth-order valence-corrected chi connectivity index (χ4v) is 6.54. The zero-order chi connectivity index (χ0) is 25.2. The van der Waals surface area contributed by atoms with E-state index in [9.17, 15) is 23.2 Å². The molecule has 5 rings (SSSR count). The number of carbonyl (C=O) groups is 3. The number of piperidine rings is 1. The van der Waals surface area contributed by atoms with Crippen LogP contribution in [0.5, 0.6) is 0 Å². The van der Waals surface area contributed by atoms with Gasteiger partial charge >= 0.3 is 6.61 Å². The summed E-state index contributed by atoms with van der Waals surface area (Å²) in [6.45, 7) is -2.30. The molecule has 1 saturated heterocycles. The van der Waals surface area contributed by atoms with Crippen LogP contribution < -0.4 is 10.6 Å². The maximum atomic E-state index is 13.0. The van der Waals surface area contributed by atoms with Gasteiger partial charge in [-0.15, -0.1) is 0 Å². The van der Waals surface area contributed by atoms with Gasteiger partial charge in [-0.2, -0.15) is 8.78 Å². The van der Waals surface area contributed by atoms with Gasteiger partial charge in [0.15, 0.2) is 0 Å². The quantitative estimate of drug-likeness (QED) is 0.555. The van der Waals surface area contributed by atoms with Crippen LogP contribution in [-0.2, 0) is 27.3 Å². The van der Waals surface area contributed by atoms with Crippen molar-refractivity contribution >= 4 is 17.7 Å². The van der Waals surface area contributed by atoms with Crippen LogP contribution in [0.4, 0.5) is 8.78 Å². The molecule has 3 amide bonds. The average Bonchev–Trinajstić information content (AvgIpc) is 3.16. The predicted octanol–water partition coefficient (Wildman–Crippen LogP) is 3.69. The number of nitrogens with one attached hydrogen (secondary N) is 2. The summed E-state index contributed by atoms with van der Waals surface area (Å²) >= 11 is 0. The van der Waals surface area contributed by atoms with Gasteiger partial charge < -0.3 is 15.0 Å². The molecule has 4 aliphatic rings. The Kier molecular flexibility index (Phi) is 7.67. The van der Waals surface area contributed by atoms with Crippen LogP contribution in [0.2, 0.25) is 0 Å². The summed E-state index contributed by atoms with van der Waals surface area (Å²) in [5.74, 6) is -0.337. The van der Waals surface area contributed by atoms with E-state index in [1.54, 1.807) is 4.90 Å². The fraction of sp³-hybridized carbons (Fsp3) is 0.667. The van der Waals surface area contributed by atoms with Crippen molar-refractivity contribution in [3.05, 3.63) is 34.9 Å². The van der Waals surface area contributed by atoms with Crippen molar-refractivity contribution in [3.8, 4) is 0 Å². The van der Waals surface area contributed by atoms with E-state index >= 15 is 0 Å². The van der Waals surface area contributed by atoms with E-state index in [-0.39, 0.29) is 24.3 Å². The van der Waals surface area contributed by atoms with Crippen molar-refractivity contribution in [2.75, 3.05) is 0 Å². The first kappa shape index (κ1) is 25.3. The summed E-state index contributed by atoms with van der Waals surface area (Å²) in [6, 6.07) is 6.16. The van der Waals surface area contributed by atoms with Crippen LogP contribution in [0, 0.1) is 5.92 Å². The molecule has 36 heavy (non-hydrogen) atoms. The average molecular weight is 504 g/mol. The number of alkyl halides is 2. The summed E-state index contributed by atoms with van der Waals surface area (Å²) < 4.78 is 29.7. The first-order chi connectivity index (χ1) is 17.4. The Morgan fingerprint density at radius 3 is 2.56 bits per heavy atom. The number of fused-ring (bicyclic) bond motifs is 1. The van der Waals surface area contributed by atoms with Crippen LogP contribution in [0.1, 0.15) is 85.7 Å². The molecule has 1 aromatic rings. The number of imide groups is 1. The van der Waals surface area contributed by atoms with Gasteiger partial charge in [0.25, 0.3) is 5.91 Å². The zero-order valence-corrected chi connectivity index (χ0v) is 20.5. The van der Waals surface area contributed by atoms with E-state index in [0.717, 1.165) is 37.7 Å². The van der Waals surface area contributed by atoms with Gasteiger partial charge in [-0.3, -0.25) is 19.7 Å². The first-order valence-electron chi connectivity index (χ1n) is 13.3. The number of amides is 3. The standard InChI is InChI=1S/C27H35F2N3O4/c28-27(29)36-20-8-6-19(7-9-20)30-22-4-2-1-3-17(22)13-16-5-10-21-18(14-16)15-32(26(21)35)23-11-12-24(33)31-25(23)34/h5,10,14,17,19-20,22-23,27,30H,1-4,6-9,11-13,15H2,(H,31,33,34)/t17-,19-,20+,22+,23?/m1/s1. The second kappa shape index (κ2) is 10.9. The molecule has 1 aromatic carbocycles. The van der Waals surface area contributed by atoms with Crippen LogP contribution in [0.3, 0.4) is 0 Å². The van der Waals surface area contributed by atoms with E-state index < -0.39 is 18.6 Å². The minimum absolute atomic E-state index is 0.144. The number of benzene rings is 1. The number of hydrogen-bond acceptors (Lipinski definition) is 5. The van der Waals surface area contributed by atoms with E-state index in [1.165, 1.54) is 18.4 Å². The molecule has 2 saturated carbocycles. The highest BCUT2D eigenvalue weighted by Gasteiger charge is 2.39. The molecule has 2 aliphatic heterocycles. The number of carbonyl (C=O) groups excluding carboxylic acids is 3. The normalized spacial score (nSPS) is 31.0. The highest BCUT2D eigenvalue weighted by molar-refractivity contribution is 6.05. The van der Waals surface area contributed by atoms with E-state index in [1.807, 2.05) is 12.1 Å². The summed E-state index contributed by atoms with van der Waals surface area (Å²) in [7, 11) is 0. The molecule has 0 spiro atoms. The summed E-state index contributed by atoms with van der Waals surface area (Å²) in [5, 5.41) is 6.19. The Hall–Kier alpha value is -2.39. The minimum Gasteiger partial charge on any atom is -0.322 e. The molecule has 0 radical (unpaired) electrons. The molecule has 0 aromatic heterocycles. The van der Waals surface area contributed by atoms with Crippen molar-refractivity contribution in [2.24, 2.45) is 5.92 Å². The van der Waals surface area contributed by atoms with Crippen molar-refractivity contribution < 1.29 is 27.9 Å². The second-order valence-corrected chi connectivity index (χ2v) is 10.8. The molecular formula is C27H35F2N3O4. The predicted molar refractivity (Wildman–Crippen MR) is 128 cm³/mol. The smallest absolute Gasteiger partial charge is 0.322 e. The van der Waals surface area contributed by atoms with E-state index in [0.29, 0.717) is 49.4 Å². The molecule has 7 nitrogen and oxygen atoms in total. The van der Waals surface area contributed by atoms with E-state index in [4.69, 9.17) is 4.74 Å². The van der Waals surface area contributed by atoms with Gasteiger partial charge in [-0.25, -0.2) is 0 Å².